The van der Waals surface area contributed by atoms with Gasteiger partial charge in [0.2, 0.25) is 0 Å². The number of thioether (sulfide) groups is 1. The third kappa shape index (κ3) is 3.64. The van der Waals surface area contributed by atoms with E-state index in [1.807, 2.05) is 0 Å². The first-order chi connectivity index (χ1) is 7.90. The van der Waals surface area contributed by atoms with Gasteiger partial charge in [0.1, 0.15) is 0 Å². The van der Waals surface area contributed by atoms with Gasteiger partial charge in [-0.05, 0) is 44.5 Å². The molecule has 0 spiro atoms. The van der Waals surface area contributed by atoms with E-state index in [4.69, 9.17) is 0 Å². The molecule has 1 N–H and O–H groups in total. The SMILES string of the molecule is CCN(CC1CCCCN1)C1CCCSC1. The van der Waals surface area contributed by atoms with Crippen LogP contribution in [-0.2, 0) is 0 Å². The van der Waals surface area contributed by atoms with E-state index in [1.54, 1.807) is 0 Å². The monoisotopic (exact) mass is 242 g/mol. The molecule has 0 radical (unpaired) electrons. The van der Waals surface area contributed by atoms with Crippen LogP contribution in [0.4, 0.5) is 0 Å². The minimum absolute atomic E-state index is 0.764. The van der Waals surface area contributed by atoms with E-state index in [1.165, 1.54) is 63.2 Å². The van der Waals surface area contributed by atoms with Gasteiger partial charge in [-0.3, -0.25) is 4.90 Å². The Morgan fingerprint density at radius 3 is 2.81 bits per heavy atom. The van der Waals surface area contributed by atoms with Gasteiger partial charge in [0.25, 0.3) is 0 Å². The fraction of sp³-hybridized carbons (Fsp3) is 1.00. The second-order valence-electron chi connectivity index (χ2n) is 5.11. The van der Waals surface area contributed by atoms with Gasteiger partial charge in [0.15, 0.2) is 0 Å². The van der Waals surface area contributed by atoms with Gasteiger partial charge in [-0.2, -0.15) is 11.8 Å². The molecule has 2 heterocycles. The van der Waals surface area contributed by atoms with Gasteiger partial charge in [0, 0.05) is 24.4 Å². The quantitative estimate of drug-likeness (QED) is 0.815. The van der Waals surface area contributed by atoms with Gasteiger partial charge in [-0.25, -0.2) is 0 Å². The molecular weight excluding hydrogens is 216 g/mol. The Bertz CT molecular complexity index is 186. The Kier molecular flexibility index (Phi) is 5.46. The molecule has 94 valence electrons. The van der Waals surface area contributed by atoms with Crippen molar-refractivity contribution >= 4 is 11.8 Å². The second kappa shape index (κ2) is 6.87. The molecule has 0 aromatic heterocycles. The third-order valence-electron chi connectivity index (χ3n) is 3.93. The predicted molar refractivity (Wildman–Crippen MR) is 73.2 cm³/mol. The lowest BCUT2D eigenvalue weighted by atomic mass is 10.0. The molecule has 2 aliphatic heterocycles. The average molecular weight is 242 g/mol. The van der Waals surface area contributed by atoms with Gasteiger partial charge < -0.3 is 5.32 Å². The lowest BCUT2D eigenvalue weighted by molar-refractivity contribution is 0.177. The molecule has 2 saturated heterocycles. The maximum Gasteiger partial charge on any atom is 0.0195 e. The summed E-state index contributed by atoms with van der Waals surface area (Å²) in [7, 11) is 0. The molecule has 2 fully saturated rings. The normalized spacial score (nSPS) is 31.9. The van der Waals surface area contributed by atoms with Gasteiger partial charge in [0.05, 0.1) is 0 Å². The maximum atomic E-state index is 3.67. The molecule has 0 amide bonds. The molecule has 2 atom stereocenters. The van der Waals surface area contributed by atoms with E-state index in [0.29, 0.717) is 0 Å². The fourth-order valence-electron chi connectivity index (χ4n) is 2.91. The molecule has 2 unspecified atom stereocenters. The van der Waals surface area contributed by atoms with Crippen LogP contribution >= 0.6 is 11.8 Å². The number of hydrogen-bond donors (Lipinski definition) is 1. The van der Waals surface area contributed by atoms with Crippen LogP contribution < -0.4 is 5.32 Å². The molecule has 16 heavy (non-hydrogen) atoms. The van der Waals surface area contributed by atoms with Crippen molar-refractivity contribution in [2.75, 3.05) is 31.1 Å². The molecule has 0 aliphatic carbocycles. The van der Waals surface area contributed by atoms with Crippen molar-refractivity contribution in [3.05, 3.63) is 0 Å². The zero-order valence-electron chi connectivity index (χ0n) is 10.6. The summed E-state index contributed by atoms with van der Waals surface area (Å²) in [6.45, 7) is 6.06. The number of rotatable bonds is 4. The van der Waals surface area contributed by atoms with Crippen molar-refractivity contribution < 1.29 is 0 Å². The standard InChI is InChI=1S/C13H26N2S/c1-2-15(13-7-5-9-16-11-13)10-12-6-3-4-8-14-12/h12-14H,2-11H2,1H3. The largest absolute Gasteiger partial charge is 0.313 e. The lowest BCUT2D eigenvalue weighted by Crippen LogP contribution is -2.48. The van der Waals surface area contributed by atoms with Gasteiger partial charge in [-0.1, -0.05) is 13.3 Å². The van der Waals surface area contributed by atoms with Crippen LogP contribution in [0.25, 0.3) is 0 Å². The molecular formula is C13H26N2S. The molecule has 0 bridgehead atoms. The molecule has 2 aliphatic rings. The average Bonchev–Trinajstić information content (AvgIpc) is 2.38. The summed E-state index contributed by atoms with van der Waals surface area (Å²) in [5.41, 5.74) is 0. The highest BCUT2D eigenvalue weighted by molar-refractivity contribution is 7.99. The number of hydrogen-bond acceptors (Lipinski definition) is 3. The van der Waals surface area contributed by atoms with E-state index < -0.39 is 0 Å². The van der Waals surface area contributed by atoms with Gasteiger partial charge >= 0.3 is 0 Å². The number of nitrogens with zero attached hydrogens (tertiary/aromatic N) is 1. The zero-order chi connectivity index (χ0) is 11.2. The smallest absolute Gasteiger partial charge is 0.0195 e. The Morgan fingerprint density at radius 1 is 1.25 bits per heavy atom. The highest BCUT2D eigenvalue weighted by atomic mass is 32.2. The molecule has 0 saturated carbocycles. The molecule has 0 aromatic rings. The second-order valence-corrected chi connectivity index (χ2v) is 6.26. The zero-order valence-corrected chi connectivity index (χ0v) is 11.4. The third-order valence-corrected chi connectivity index (χ3v) is 5.12. The Morgan fingerprint density at radius 2 is 2.19 bits per heavy atom. The minimum atomic E-state index is 0.764. The highest BCUT2D eigenvalue weighted by Gasteiger charge is 2.23. The summed E-state index contributed by atoms with van der Waals surface area (Å²) in [6, 6.07) is 1.62. The summed E-state index contributed by atoms with van der Waals surface area (Å²) in [4.78, 5) is 2.72. The van der Waals surface area contributed by atoms with E-state index in [0.717, 1.165) is 12.1 Å². The van der Waals surface area contributed by atoms with Crippen LogP contribution in [0.1, 0.15) is 39.0 Å². The maximum absolute atomic E-state index is 3.67. The summed E-state index contributed by atoms with van der Waals surface area (Å²) in [6.07, 6.45) is 7.03. The van der Waals surface area contributed by atoms with Crippen molar-refractivity contribution in [1.82, 2.24) is 10.2 Å². The predicted octanol–water partition coefficient (Wildman–Crippen LogP) is 2.35. The number of likely N-dealkylation sites (N-methyl/N-ethyl adjacent to an activating group) is 1. The van der Waals surface area contributed by atoms with Crippen molar-refractivity contribution in [2.45, 2.75) is 51.1 Å². The van der Waals surface area contributed by atoms with Crippen molar-refractivity contribution in [3.63, 3.8) is 0 Å². The van der Waals surface area contributed by atoms with Gasteiger partial charge in [-0.15, -0.1) is 0 Å². The van der Waals surface area contributed by atoms with E-state index >= 15 is 0 Å². The van der Waals surface area contributed by atoms with Crippen LogP contribution in [0.2, 0.25) is 0 Å². The topological polar surface area (TPSA) is 15.3 Å². The summed E-state index contributed by atoms with van der Waals surface area (Å²) in [5, 5.41) is 3.67. The number of piperidine rings is 1. The lowest BCUT2D eigenvalue weighted by Gasteiger charge is -2.37. The van der Waals surface area contributed by atoms with Crippen molar-refractivity contribution in [2.24, 2.45) is 0 Å². The van der Waals surface area contributed by atoms with Crippen molar-refractivity contribution in [3.8, 4) is 0 Å². The first-order valence-corrected chi connectivity index (χ1v) is 8.11. The van der Waals surface area contributed by atoms with Crippen LogP contribution in [0, 0.1) is 0 Å². The van der Waals surface area contributed by atoms with Crippen LogP contribution in [0.5, 0.6) is 0 Å². The Labute approximate surface area is 105 Å². The molecule has 2 rings (SSSR count). The first kappa shape index (κ1) is 12.7. The molecule has 2 nitrogen and oxygen atoms in total. The van der Waals surface area contributed by atoms with Crippen molar-refractivity contribution in [1.29, 1.82) is 0 Å². The van der Waals surface area contributed by atoms with E-state index in [9.17, 15) is 0 Å². The van der Waals surface area contributed by atoms with Crippen LogP contribution in [0.15, 0.2) is 0 Å². The van der Waals surface area contributed by atoms with E-state index in [2.05, 4.69) is 28.9 Å². The highest BCUT2D eigenvalue weighted by Crippen LogP contribution is 2.22. The summed E-state index contributed by atoms with van der Waals surface area (Å²) < 4.78 is 0. The van der Waals surface area contributed by atoms with E-state index in [-0.39, 0.29) is 0 Å². The van der Waals surface area contributed by atoms with Crippen LogP contribution in [0.3, 0.4) is 0 Å². The first-order valence-electron chi connectivity index (χ1n) is 6.95. The summed E-state index contributed by atoms with van der Waals surface area (Å²) >= 11 is 2.15. The molecule has 0 aromatic carbocycles. The Hall–Kier alpha value is 0.270. The summed E-state index contributed by atoms with van der Waals surface area (Å²) in [5.74, 6) is 2.75. The minimum Gasteiger partial charge on any atom is -0.313 e. The fourth-order valence-corrected chi connectivity index (χ4v) is 4.10. The Balaban J connectivity index is 1.78. The van der Waals surface area contributed by atoms with Crippen LogP contribution in [-0.4, -0.2) is 48.1 Å². The molecule has 3 heteroatoms. The number of nitrogens with one attached hydrogen (secondary N) is 1.